The van der Waals surface area contributed by atoms with E-state index in [2.05, 4.69) is 4.99 Å². The fourth-order valence-electron chi connectivity index (χ4n) is 2.61. The average Bonchev–Trinajstić information content (AvgIpc) is 2.88. The van der Waals surface area contributed by atoms with Crippen LogP contribution in [0.3, 0.4) is 0 Å². The van der Waals surface area contributed by atoms with Crippen LogP contribution in [0.2, 0.25) is 0 Å². The third-order valence-electron chi connectivity index (χ3n) is 3.57. The van der Waals surface area contributed by atoms with Gasteiger partial charge in [0, 0.05) is 11.3 Å². The Balaban J connectivity index is 2.03. The molecule has 0 saturated carbocycles. The number of anilines is 1. The molecule has 0 radical (unpaired) electrons. The number of rotatable bonds is 3. The first-order chi connectivity index (χ1) is 10.2. The third-order valence-corrected chi connectivity index (χ3v) is 3.57. The largest absolute Gasteiger partial charge is 0.496 e. The Bertz CT molecular complexity index is 687. The van der Waals surface area contributed by atoms with Crippen LogP contribution in [0.1, 0.15) is 11.6 Å². The van der Waals surface area contributed by atoms with Crippen LogP contribution in [-0.4, -0.2) is 19.6 Å². The molecule has 0 amide bonds. The van der Waals surface area contributed by atoms with Crippen molar-refractivity contribution in [2.24, 2.45) is 10.7 Å². The fourth-order valence-corrected chi connectivity index (χ4v) is 2.61. The van der Waals surface area contributed by atoms with Gasteiger partial charge in [0.05, 0.1) is 19.7 Å². The van der Waals surface area contributed by atoms with Crippen molar-refractivity contribution in [3.8, 4) is 5.75 Å². The minimum absolute atomic E-state index is 0.0945. The molecule has 1 aliphatic heterocycles. The van der Waals surface area contributed by atoms with E-state index in [0.29, 0.717) is 18.2 Å². The van der Waals surface area contributed by atoms with Crippen molar-refractivity contribution in [3.05, 3.63) is 59.9 Å². The lowest BCUT2D eigenvalue weighted by molar-refractivity contribution is 0.406. The van der Waals surface area contributed by atoms with E-state index < -0.39 is 0 Å². The number of guanidine groups is 1. The van der Waals surface area contributed by atoms with E-state index >= 15 is 0 Å². The second-order valence-corrected chi connectivity index (χ2v) is 4.81. The average molecular weight is 285 g/mol. The molecular weight excluding hydrogens is 269 g/mol. The highest BCUT2D eigenvalue weighted by molar-refractivity contribution is 5.97. The van der Waals surface area contributed by atoms with Gasteiger partial charge < -0.3 is 15.4 Å². The van der Waals surface area contributed by atoms with E-state index in [1.807, 2.05) is 35.2 Å². The molecular formula is C16H16FN3O. The van der Waals surface area contributed by atoms with Crippen LogP contribution in [0.25, 0.3) is 0 Å². The number of nitrogens with zero attached hydrogens (tertiary/aromatic N) is 2. The van der Waals surface area contributed by atoms with E-state index in [0.717, 1.165) is 11.3 Å². The Morgan fingerprint density at radius 3 is 2.81 bits per heavy atom. The molecule has 5 heteroatoms. The lowest BCUT2D eigenvalue weighted by Crippen LogP contribution is -2.36. The van der Waals surface area contributed by atoms with Crippen LogP contribution in [0, 0.1) is 5.82 Å². The quantitative estimate of drug-likeness (QED) is 0.943. The summed E-state index contributed by atoms with van der Waals surface area (Å²) >= 11 is 0. The van der Waals surface area contributed by atoms with Gasteiger partial charge in [0.25, 0.3) is 0 Å². The number of aliphatic imine (C=N–C) groups is 1. The highest BCUT2D eigenvalue weighted by Gasteiger charge is 2.30. The molecule has 1 atom stereocenters. The third kappa shape index (κ3) is 2.42. The van der Waals surface area contributed by atoms with Crippen molar-refractivity contribution in [3.63, 3.8) is 0 Å². The summed E-state index contributed by atoms with van der Waals surface area (Å²) in [6.45, 7) is 0.517. The number of hydrogen-bond donors (Lipinski definition) is 1. The van der Waals surface area contributed by atoms with Crippen LogP contribution in [-0.2, 0) is 0 Å². The summed E-state index contributed by atoms with van der Waals surface area (Å²) in [6, 6.07) is 14.0. The first-order valence-corrected chi connectivity index (χ1v) is 6.68. The first-order valence-electron chi connectivity index (χ1n) is 6.68. The minimum Gasteiger partial charge on any atom is -0.496 e. The van der Waals surface area contributed by atoms with Gasteiger partial charge in [-0.25, -0.2) is 4.39 Å². The molecule has 2 aromatic carbocycles. The number of nitrogens with two attached hydrogens (primary N) is 1. The highest BCUT2D eigenvalue weighted by Crippen LogP contribution is 2.35. The van der Waals surface area contributed by atoms with Gasteiger partial charge in [-0.1, -0.05) is 24.3 Å². The number of halogens is 1. The number of methoxy groups -OCH3 is 1. The topological polar surface area (TPSA) is 50.9 Å². The Kier molecular flexibility index (Phi) is 3.48. The van der Waals surface area contributed by atoms with Gasteiger partial charge in [-0.15, -0.1) is 0 Å². The lowest BCUT2D eigenvalue weighted by Gasteiger charge is -2.27. The molecule has 0 spiro atoms. The van der Waals surface area contributed by atoms with Crippen molar-refractivity contribution < 1.29 is 9.13 Å². The molecule has 0 bridgehead atoms. The van der Waals surface area contributed by atoms with Gasteiger partial charge in [-0.2, -0.15) is 0 Å². The molecule has 2 aromatic rings. The molecule has 3 rings (SSSR count). The van der Waals surface area contributed by atoms with Crippen LogP contribution < -0.4 is 15.4 Å². The maximum atomic E-state index is 13.5. The van der Waals surface area contributed by atoms with Gasteiger partial charge in [0.2, 0.25) is 0 Å². The summed E-state index contributed by atoms with van der Waals surface area (Å²) in [4.78, 5) is 6.13. The predicted octanol–water partition coefficient (Wildman–Crippen LogP) is 2.71. The van der Waals surface area contributed by atoms with Gasteiger partial charge in [0.1, 0.15) is 11.6 Å². The predicted molar refractivity (Wildman–Crippen MR) is 81.1 cm³/mol. The molecule has 21 heavy (non-hydrogen) atoms. The SMILES string of the molecule is COc1ccccc1C1CN=C(N)N1c1cccc(F)c1. The molecule has 2 N–H and O–H groups in total. The Labute approximate surface area is 122 Å². The molecule has 1 heterocycles. The highest BCUT2D eigenvalue weighted by atomic mass is 19.1. The number of para-hydroxylation sites is 1. The van der Waals surface area contributed by atoms with Crippen LogP contribution in [0.5, 0.6) is 5.75 Å². The second-order valence-electron chi connectivity index (χ2n) is 4.81. The molecule has 1 aliphatic rings. The van der Waals surface area contributed by atoms with Crippen molar-refractivity contribution in [1.82, 2.24) is 0 Å². The van der Waals surface area contributed by atoms with E-state index in [-0.39, 0.29) is 11.9 Å². The van der Waals surface area contributed by atoms with Crippen LogP contribution >= 0.6 is 0 Å². The van der Waals surface area contributed by atoms with E-state index in [9.17, 15) is 4.39 Å². The summed E-state index contributed by atoms with van der Waals surface area (Å²) in [5.41, 5.74) is 7.66. The smallest absolute Gasteiger partial charge is 0.196 e. The van der Waals surface area contributed by atoms with E-state index in [1.165, 1.54) is 12.1 Å². The van der Waals surface area contributed by atoms with Gasteiger partial charge in [-0.05, 0) is 24.3 Å². The summed E-state index contributed by atoms with van der Waals surface area (Å²) in [6.07, 6.45) is 0. The normalized spacial score (nSPS) is 17.7. The molecule has 0 aliphatic carbocycles. The summed E-state index contributed by atoms with van der Waals surface area (Å²) in [5.74, 6) is 0.858. The van der Waals surface area contributed by atoms with E-state index in [4.69, 9.17) is 10.5 Å². The van der Waals surface area contributed by atoms with Crippen LogP contribution in [0.15, 0.2) is 53.5 Å². The van der Waals surface area contributed by atoms with Gasteiger partial charge >= 0.3 is 0 Å². The van der Waals surface area contributed by atoms with Gasteiger partial charge in [-0.3, -0.25) is 4.99 Å². The standard InChI is InChI=1S/C16H16FN3O/c1-21-15-8-3-2-7-13(15)14-10-19-16(18)20(14)12-6-4-5-11(17)9-12/h2-9,14H,10H2,1H3,(H2,18,19). The zero-order valence-electron chi connectivity index (χ0n) is 11.7. The zero-order valence-corrected chi connectivity index (χ0v) is 11.7. The van der Waals surface area contributed by atoms with Crippen molar-refractivity contribution >= 4 is 11.6 Å². The lowest BCUT2D eigenvalue weighted by atomic mass is 10.0. The minimum atomic E-state index is -0.300. The Hall–Kier alpha value is -2.56. The monoisotopic (exact) mass is 285 g/mol. The number of hydrogen-bond acceptors (Lipinski definition) is 4. The van der Waals surface area contributed by atoms with Crippen molar-refractivity contribution in [2.45, 2.75) is 6.04 Å². The number of ether oxygens (including phenoxy) is 1. The Morgan fingerprint density at radius 2 is 2.05 bits per heavy atom. The zero-order chi connectivity index (χ0) is 14.8. The molecule has 0 saturated heterocycles. The summed E-state index contributed by atoms with van der Waals surface area (Å²) < 4.78 is 18.9. The van der Waals surface area contributed by atoms with Gasteiger partial charge in [0.15, 0.2) is 5.96 Å². The fraction of sp³-hybridized carbons (Fsp3) is 0.188. The maximum absolute atomic E-state index is 13.5. The second kappa shape index (κ2) is 5.44. The van der Waals surface area contributed by atoms with E-state index in [1.54, 1.807) is 13.2 Å². The summed E-state index contributed by atoms with van der Waals surface area (Å²) in [5, 5.41) is 0. The molecule has 108 valence electrons. The first kappa shape index (κ1) is 13.4. The van der Waals surface area contributed by atoms with Crippen LogP contribution in [0.4, 0.5) is 10.1 Å². The van der Waals surface area contributed by atoms with Crippen molar-refractivity contribution in [1.29, 1.82) is 0 Å². The maximum Gasteiger partial charge on any atom is 0.196 e. The summed E-state index contributed by atoms with van der Waals surface area (Å²) in [7, 11) is 1.63. The number of benzene rings is 2. The van der Waals surface area contributed by atoms with Crippen molar-refractivity contribution in [2.75, 3.05) is 18.6 Å². The molecule has 4 nitrogen and oxygen atoms in total. The Morgan fingerprint density at radius 1 is 1.24 bits per heavy atom. The molecule has 0 fully saturated rings. The molecule has 1 unspecified atom stereocenters. The molecule has 0 aromatic heterocycles.